The predicted octanol–water partition coefficient (Wildman–Crippen LogP) is 3.74. The minimum Gasteiger partial charge on any atom is -0.490 e. The van der Waals surface area contributed by atoms with E-state index in [9.17, 15) is 14.3 Å². The molecule has 3 N–H and O–H groups in total. The van der Waals surface area contributed by atoms with Gasteiger partial charge in [-0.15, -0.1) is 0 Å². The van der Waals surface area contributed by atoms with Crippen LogP contribution >= 0.6 is 11.6 Å². The highest BCUT2D eigenvalue weighted by atomic mass is 35.5. The third-order valence-electron chi connectivity index (χ3n) is 5.96. The summed E-state index contributed by atoms with van der Waals surface area (Å²) < 4.78 is 19.2. The van der Waals surface area contributed by atoms with Crippen LogP contribution in [0.4, 0.5) is 4.39 Å². The smallest absolute Gasteiger partial charge is 0.307 e. The summed E-state index contributed by atoms with van der Waals surface area (Å²) in [5, 5.41) is 24.0. The first kappa shape index (κ1) is 25.4. The minimum atomic E-state index is -1.20. The number of carboxylic acid groups (broad SMARTS) is 1. The molecule has 1 heterocycles. The summed E-state index contributed by atoms with van der Waals surface area (Å²) in [6.07, 6.45) is 0.681. The van der Waals surface area contributed by atoms with Gasteiger partial charge in [-0.05, 0) is 49.6 Å². The monoisotopic (exact) mass is 478 g/mol. The number of aliphatic hydroxyl groups is 1. The van der Waals surface area contributed by atoms with Crippen molar-refractivity contribution in [3.05, 3.63) is 64.4 Å². The Hall–Kier alpha value is -2.19. The van der Waals surface area contributed by atoms with Crippen molar-refractivity contribution in [2.75, 3.05) is 26.2 Å². The van der Waals surface area contributed by atoms with Gasteiger partial charge in [0.2, 0.25) is 0 Å². The van der Waals surface area contributed by atoms with E-state index in [4.69, 9.17) is 21.4 Å². The highest BCUT2D eigenvalue weighted by molar-refractivity contribution is 6.30. The Morgan fingerprint density at radius 2 is 2.03 bits per heavy atom. The number of hydrogen-bond donors (Lipinski definition) is 3. The largest absolute Gasteiger partial charge is 0.490 e. The number of rotatable bonds is 10. The molecule has 2 aromatic rings. The van der Waals surface area contributed by atoms with E-state index in [1.54, 1.807) is 6.92 Å². The van der Waals surface area contributed by atoms with Crippen LogP contribution in [0.15, 0.2) is 42.5 Å². The molecule has 0 bridgehead atoms. The molecule has 0 amide bonds. The zero-order valence-electron chi connectivity index (χ0n) is 19.1. The molecule has 6 nitrogen and oxygen atoms in total. The van der Waals surface area contributed by atoms with Crippen LogP contribution in [0.5, 0.6) is 5.75 Å². The molecule has 3 atom stereocenters. The minimum absolute atomic E-state index is 0.0835. The molecular weight excluding hydrogens is 447 g/mol. The highest BCUT2D eigenvalue weighted by Gasteiger charge is 2.29. The first-order valence-corrected chi connectivity index (χ1v) is 11.5. The Bertz CT molecular complexity index is 939. The van der Waals surface area contributed by atoms with Crippen LogP contribution in [-0.4, -0.2) is 59.0 Å². The zero-order valence-corrected chi connectivity index (χ0v) is 19.8. The number of benzene rings is 2. The summed E-state index contributed by atoms with van der Waals surface area (Å²) >= 11 is 5.97. The summed E-state index contributed by atoms with van der Waals surface area (Å²) in [6, 6.07) is 11.9. The molecule has 33 heavy (non-hydrogen) atoms. The number of likely N-dealkylation sites (tertiary alicyclic amines) is 1. The molecule has 0 radical (unpaired) electrons. The molecule has 0 unspecified atom stereocenters. The second-order valence-electron chi connectivity index (χ2n) is 9.22. The molecule has 180 valence electrons. The highest BCUT2D eigenvalue weighted by Crippen LogP contribution is 2.23. The maximum atomic E-state index is 13.6. The van der Waals surface area contributed by atoms with E-state index < -0.39 is 17.4 Å². The topological polar surface area (TPSA) is 82.0 Å². The van der Waals surface area contributed by atoms with Crippen LogP contribution in [-0.2, 0) is 17.8 Å². The van der Waals surface area contributed by atoms with Gasteiger partial charge in [0.1, 0.15) is 23.8 Å². The van der Waals surface area contributed by atoms with E-state index in [0.29, 0.717) is 18.0 Å². The van der Waals surface area contributed by atoms with Crippen molar-refractivity contribution in [2.45, 2.75) is 44.9 Å². The number of aliphatic carboxylic acids is 1. The van der Waals surface area contributed by atoms with Crippen molar-refractivity contribution in [3.8, 4) is 5.75 Å². The lowest BCUT2D eigenvalue weighted by Gasteiger charge is -2.38. The molecule has 0 aliphatic carbocycles. The van der Waals surface area contributed by atoms with Crippen molar-refractivity contribution >= 4 is 17.6 Å². The fourth-order valence-electron chi connectivity index (χ4n) is 4.13. The Morgan fingerprint density at radius 1 is 1.30 bits per heavy atom. The van der Waals surface area contributed by atoms with Crippen molar-refractivity contribution in [2.24, 2.45) is 5.92 Å². The number of piperidine rings is 1. The lowest BCUT2D eigenvalue weighted by atomic mass is 9.92. The SMILES string of the molecule is C[C@H]1CN(Cc2ccc(Cl)cc2)CC[C@@H]1NC[C@](C)(O)COc1cc(F)ccc1CC(=O)O. The second-order valence-corrected chi connectivity index (χ2v) is 9.66. The molecule has 1 aliphatic heterocycles. The van der Waals surface area contributed by atoms with Gasteiger partial charge in [0, 0.05) is 42.3 Å². The van der Waals surface area contributed by atoms with E-state index >= 15 is 0 Å². The van der Waals surface area contributed by atoms with Crippen molar-refractivity contribution < 1.29 is 24.1 Å². The van der Waals surface area contributed by atoms with Crippen molar-refractivity contribution in [1.29, 1.82) is 0 Å². The number of halogens is 2. The van der Waals surface area contributed by atoms with Gasteiger partial charge >= 0.3 is 5.97 Å². The number of carboxylic acids is 1. The van der Waals surface area contributed by atoms with Gasteiger partial charge in [-0.1, -0.05) is 36.7 Å². The van der Waals surface area contributed by atoms with Crippen LogP contribution in [0.3, 0.4) is 0 Å². The molecular formula is C25H32ClFN2O4. The van der Waals surface area contributed by atoms with E-state index in [-0.39, 0.29) is 24.8 Å². The number of hydrogen-bond acceptors (Lipinski definition) is 5. The first-order valence-electron chi connectivity index (χ1n) is 11.2. The van der Waals surface area contributed by atoms with Gasteiger partial charge in [-0.2, -0.15) is 0 Å². The van der Waals surface area contributed by atoms with Crippen LogP contribution in [0.2, 0.25) is 5.02 Å². The Balaban J connectivity index is 1.48. The average Bonchev–Trinajstić information content (AvgIpc) is 2.75. The van der Waals surface area contributed by atoms with Crippen LogP contribution < -0.4 is 10.1 Å². The summed E-state index contributed by atoms with van der Waals surface area (Å²) in [5.74, 6) is -1.01. The molecule has 0 spiro atoms. The fourth-order valence-corrected chi connectivity index (χ4v) is 4.26. The molecule has 1 saturated heterocycles. The van der Waals surface area contributed by atoms with Gasteiger partial charge < -0.3 is 20.3 Å². The Kier molecular flexibility index (Phi) is 8.70. The van der Waals surface area contributed by atoms with Gasteiger partial charge in [0.25, 0.3) is 0 Å². The normalized spacial score (nSPS) is 20.9. The fraction of sp³-hybridized carbons (Fsp3) is 0.480. The maximum Gasteiger partial charge on any atom is 0.307 e. The summed E-state index contributed by atoms with van der Waals surface area (Å²) in [7, 11) is 0. The predicted molar refractivity (Wildman–Crippen MR) is 126 cm³/mol. The molecule has 8 heteroatoms. The summed E-state index contributed by atoms with van der Waals surface area (Å²) in [4.78, 5) is 13.5. The lowest BCUT2D eigenvalue weighted by molar-refractivity contribution is -0.136. The van der Waals surface area contributed by atoms with E-state index in [0.717, 1.165) is 37.1 Å². The zero-order chi connectivity index (χ0) is 24.0. The molecule has 0 aromatic heterocycles. The Morgan fingerprint density at radius 3 is 2.70 bits per heavy atom. The number of nitrogens with zero attached hydrogens (tertiary/aromatic N) is 1. The molecule has 2 aromatic carbocycles. The third kappa shape index (κ3) is 7.96. The van der Waals surface area contributed by atoms with E-state index in [1.807, 2.05) is 12.1 Å². The quantitative estimate of drug-likeness (QED) is 0.482. The van der Waals surface area contributed by atoms with E-state index in [2.05, 4.69) is 29.3 Å². The number of nitrogens with one attached hydrogen (secondary N) is 1. The third-order valence-corrected chi connectivity index (χ3v) is 6.22. The van der Waals surface area contributed by atoms with Crippen LogP contribution in [0.1, 0.15) is 31.4 Å². The Labute approximate surface area is 199 Å². The lowest BCUT2D eigenvalue weighted by Crippen LogP contribution is -2.52. The number of ether oxygens (including phenoxy) is 1. The summed E-state index contributed by atoms with van der Waals surface area (Å²) in [5.41, 5.74) is 0.402. The van der Waals surface area contributed by atoms with Gasteiger partial charge in [0.05, 0.1) is 6.42 Å². The van der Waals surface area contributed by atoms with Crippen LogP contribution in [0, 0.1) is 11.7 Å². The standard InChI is InChI=1S/C25H32ClFN2O4/c1-17-13-29(14-18-3-6-20(26)7-4-18)10-9-22(17)28-15-25(2,32)16-33-23-12-21(27)8-5-19(23)11-24(30)31/h3-8,12,17,22,28,32H,9-11,13-16H2,1-2H3,(H,30,31)/t17-,22-,25-/m0/s1. The summed E-state index contributed by atoms with van der Waals surface area (Å²) in [6.45, 7) is 6.85. The first-order chi connectivity index (χ1) is 15.6. The van der Waals surface area contributed by atoms with E-state index in [1.165, 1.54) is 17.7 Å². The van der Waals surface area contributed by atoms with Gasteiger partial charge in [0.15, 0.2) is 0 Å². The second kappa shape index (κ2) is 11.3. The van der Waals surface area contributed by atoms with Gasteiger partial charge in [-0.25, -0.2) is 4.39 Å². The van der Waals surface area contributed by atoms with Gasteiger partial charge in [-0.3, -0.25) is 9.69 Å². The number of carbonyl (C=O) groups is 1. The maximum absolute atomic E-state index is 13.6. The van der Waals surface area contributed by atoms with Crippen molar-refractivity contribution in [3.63, 3.8) is 0 Å². The van der Waals surface area contributed by atoms with Crippen LogP contribution in [0.25, 0.3) is 0 Å². The molecule has 1 fully saturated rings. The molecule has 0 saturated carbocycles. The molecule has 1 aliphatic rings. The van der Waals surface area contributed by atoms with Crippen molar-refractivity contribution in [1.82, 2.24) is 10.2 Å². The molecule has 3 rings (SSSR count). The average molecular weight is 479 g/mol.